The minimum Gasteiger partial charge on any atom is -0.497 e. The summed E-state index contributed by atoms with van der Waals surface area (Å²) in [6, 6.07) is 14.6. The largest absolute Gasteiger partial charge is 0.497 e. The van der Waals surface area contributed by atoms with Crippen LogP contribution in [0, 0.1) is 0 Å². The Morgan fingerprint density at radius 2 is 1.91 bits per heavy atom. The highest BCUT2D eigenvalue weighted by atomic mass is 32.2. The molecule has 0 aliphatic carbocycles. The van der Waals surface area contributed by atoms with Gasteiger partial charge in [0.05, 0.1) is 18.9 Å². The van der Waals surface area contributed by atoms with Crippen LogP contribution in [0.1, 0.15) is 41.6 Å². The third-order valence-corrected chi connectivity index (χ3v) is 6.61. The van der Waals surface area contributed by atoms with E-state index in [-0.39, 0.29) is 23.6 Å². The van der Waals surface area contributed by atoms with Gasteiger partial charge in [0.2, 0.25) is 5.91 Å². The third-order valence-electron chi connectivity index (χ3n) is 5.66. The topological polar surface area (TPSA) is 89.4 Å². The zero-order chi connectivity index (χ0) is 23.4. The van der Waals surface area contributed by atoms with Gasteiger partial charge in [-0.15, -0.1) is 10.2 Å². The van der Waals surface area contributed by atoms with Gasteiger partial charge in [0.1, 0.15) is 5.75 Å². The molecule has 0 saturated carbocycles. The number of amides is 2. The zero-order valence-electron chi connectivity index (χ0n) is 18.9. The van der Waals surface area contributed by atoms with Crippen molar-refractivity contribution in [2.45, 2.75) is 38.0 Å². The lowest BCUT2D eigenvalue weighted by Gasteiger charge is -2.17. The summed E-state index contributed by atoms with van der Waals surface area (Å²) < 4.78 is 7.08. The van der Waals surface area contributed by atoms with Crippen LogP contribution >= 0.6 is 11.8 Å². The van der Waals surface area contributed by atoms with E-state index in [0.29, 0.717) is 35.4 Å². The number of thioether (sulfide) groups is 1. The molecule has 0 saturated heterocycles. The summed E-state index contributed by atoms with van der Waals surface area (Å²) in [5, 5.41) is 12.2. The second kappa shape index (κ2) is 10.1. The first-order valence-electron chi connectivity index (χ1n) is 10.9. The number of benzene rings is 2. The van der Waals surface area contributed by atoms with Gasteiger partial charge in [-0.1, -0.05) is 30.0 Å². The van der Waals surface area contributed by atoms with Crippen LogP contribution in [-0.2, 0) is 17.8 Å². The Morgan fingerprint density at radius 3 is 2.64 bits per heavy atom. The van der Waals surface area contributed by atoms with Crippen molar-refractivity contribution in [2.24, 2.45) is 0 Å². The molecule has 2 amide bonds. The van der Waals surface area contributed by atoms with Crippen molar-refractivity contribution in [1.82, 2.24) is 20.1 Å². The van der Waals surface area contributed by atoms with Gasteiger partial charge in [0.15, 0.2) is 11.0 Å². The number of aromatic nitrogens is 3. The maximum Gasteiger partial charge on any atom is 0.251 e. The first kappa shape index (κ1) is 22.8. The molecule has 3 aromatic rings. The fourth-order valence-electron chi connectivity index (χ4n) is 3.91. The second-order valence-corrected chi connectivity index (χ2v) is 8.66. The molecule has 0 radical (unpaired) electrons. The van der Waals surface area contributed by atoms with E-state index in [1.165, 1.54) is 17.3 Å². The summed E-state index contributed by atoms with van der Waals surface area (Å²) in [6.07, 6.45) is 0.882. The zero-order valence-corrected chi connectivity index (χ0v) is 19.8. The lowest BCUT2D eigenvalue weighted by Crippen LogP contribution is -2.30. The molecule has 33 heavy (non-hydrogen) atoms. The number of fused-ring (bicyclic) bond motifs is 1. The van der Waals surface area contributed by atoms with Crippen molar-refractivity contribution in [1.29, 1.82) is 0 Å². The molecule has 1 aliphatic rings. The minimum atomic E-state index is -0.345. The molecule has 2 aromatic carbocycles. The average Bonchev–Trinajstić information content (AvgIpc) is 3.46. The van der Waals surface area contributed by atoms with Crippen LogP contribution in [0.5, 0.6) is 5.75 Å². The second-order valence-electron chi connectivity index (χ2n) is 7.72. The predicted octanol–water partition coefficient (Wildman–Crippen LogP) is 3.48. The number of hydrogen-bond acceptors (Lipinski definition) is 6. The van der Waals surface area contributed by atoms with Gasteiger partial charge in [0, 0.05) is 24.3 Å². The van der Waals surface area contributed by atoms with Crippen LogP contribution in [0.3, 0.4) is 0 Å². The predicted molar refractivity (Wildman–Crippen MR) is 128 cm³/mol. The summed E-state index contributed by atoms with van der Waals surface area (Å²) in [4.78, 5) is 27.3. The molecule has 4 rings (SSSR count). The molecule has 0 fully saturated rings. The quantitative estimate of drug-likeness (QED) is 0.513. The summed E-state index contributed by atoms with van der Waals surface area (Å²) >= 11 is 1.37. The van der Waals surface area contributed by atoms with Crippen molar-refractivity contribution >= 4 is 29.3 Å². The van der Waals surface area contributed by atoms with Gasteiger partial charge in [0.25, 0.3) is 5.91 Å². The van der Waals surface area contributed by atoms with Crippen molar-refractivity contribution in [3.63, 3.8) is 0 Å². The normalized spacial score (nSPS) is 13.5. The molecule has 0 spiro atoms. The standard InChI is InChI=1S/C24H27N5O3S/c1-4-28-22(16(2)25-23(31)18-9-11-19(32-3)12-10-18)26-27-24(28)33-15-21(30)29-14-13-17-7-5-6-8-20(17)29/h5-12,16H,4,13-15H2,1-3H3,(H,25,31). The molecule has 8 nitrogen and oxygen atoms in total. The van der Waals surface area contributed by atoms with Crippen molar-refractivity contribution in [3.05, 3.63) is 65.5 Å². The number of carbonyl (C=O) groups is 2. The van der Waals surface area contributed by atoms with E-state index in [2.05, 4.69) is 21.6 Å². The molecule has 1 atom stereocenters. The summed E-state index contributed by atoms with van der Waals surface area (Å²) in [5.74, 6) is 1.48. The highest BCUT2D eigenvalue weighted by Crippen LogP contribution is 2.29. The molecule has 1 unspecified atom stereocenters. The maximum absolute atomic E-state index is 12.9. The molecule has 9 heteroatoms. The Kier molecular flexibility index (Phi) is 6.98. The SMILES string of the molecule is CCn1c(SCC(=O)N2CCc3ccccc32)nnc1C(C)NC(=O)c1ccc(OC)cc1. The number of hydrogen-bond donors (Lipinski definition) is 1. The Labute approximate surface area is 197 Å². The van der Waals surface area contributed by atoms with E-state index in [4.69, 9.17) is 4.74 Å². The molecule has 1 N–H and O–H groups in total. The van der Waals surface area contributed by atoms with E-state index in [1.54, 1.807) is 31.4 Å². The number of para-hydroxylation sites is 1. The lowest BCUT2D eigenvalue weighted by atomic mass is 10.2. The van der Waals surface area contributed by atoms with E-state index >= 15 is 0 Å². The van der Waals surface area contributed by atoms with E-state index in [0.717, 1.165) is 12.1 Å². The molecule has 0 bridgehead atoms. The maximum atomic E-state index is 12.9. The molecule has 172 valence electrons. The summed E-state index contributed by atoms with van der Waals surface area (Å²) in [6.45, 7) is 5.21. The van der Waals surface area contributed by atoms with Crippen molar-refractivity contribution < 1.29 is 14.3 Å². The number of carbonyl (C=O) groups excluding carboxylic acids is 2. The van der Waals surface area contributed by atoms with E-state index in [1.807, 2.05) is 41.5 Å². The third kappa shape index (κ3) is 4.88. The molecule has 2 heterocycles. The monoisotopic (exact) mass is 465 g/mol. The van der Waals surface area contributed by atoms with Crippen LogP contribution in [0.15, 0.2) is 53.7 Å². The minimum absolute atomic E-state index is 0.0537. The van der Waals surface area contributed by atoms with Crippen LogP contribution in [-0.4, -0.2) is 46.0 Å². The number of rotatable bonds is 8. The summed E-state index contributed by atoms with van der Waals surface area (Å²) in [7, 11) is 1.59. The van der Waals surface area contributed by atoms with Gasteiger partial charge < -0.3 is 19.5 Å². The number of methoxy groups -OCH3 is 1. The van der Waals surface area contributed by atoms with Crippen LogP contribution in [0.4, 0.5) is 5.69 Å². The van der Waals surface area contributed by atoms with Crippen LogP contribution in [0.25, 0.3) is 0 Å². The smallest absolute Gasteiger partial charge is 0.251 e. The van der Waals surface area contributed by atoms with Crippen molar-refractivity contribution in [2.75, 3.05) is 24.3 Å². The fourth-order valence-corrected chi connectivity index (χ4v) is 4.80. The van der Waals surface area contributed by atoms with Crippen LogP contribution < -0.4 is 15.0 Å². The van der Waals surface area contributed by atoms with Crippen molar-refractivity contribution in [3.8, 4) is 5.75 Å². The van der Waals surface area contributed by atoms with E-state index < -0.39 is 0 Å². The lowest BCUT2D eigenvalue weighted by molar-refractivity contribution is -0.116. The van der Waals surface area contributed by atoms with Crippen LogP contribution in [0.2, 0.25) is 0 Å². The van der Waals surface area contributed by atoms with Gasteiger partial charge in [-0.05, 0) is 56.2 Å². The number of anilines is 1. The Morgan fingerprint density at radius 1 is 1.15 bits per heavy atom. The highest BCUT2D eigenvalue weighted by molar-refractivity contribution is 7.99. The molecule has 1 aliphatic heterocycles. The number of ether oxygens (including phenoxy) is 1. The van der Waals surface area contributed by atoms with Gasteiger partial charge in [-0.25, -0.2) is 0 Å². The van der Waals surface area contributed by atoms with Gasteiger partial charge in [-0.2, -0.15) is 0 Å². The molecule has 1 aromatic heterocycles. The number of nitrogens with one attached hydrogen (secondary N) is 1. The first-order valence-corrected chi connectivity index (χ1v) is 11.9. The summed E-state index contributed by atoms with van der Waals surface area (Å²) in [5.41, 5.74) is 2.74. The van der Waals surface area contributed by atoms with Gasteiger partial charge >= 0.3 is 0 Å². The van der Waals surface area contributed by atoms with Gasteiger partial charge in [-0.3, -0.25) is 9.59 Å². The molecular weight excluding hydrogens is 438 g/mol. The highest BCUT2D eigenvalue weighted by Gasteiger charge is 2.25. The molecular formula is C24H27N5O3S. The first-order chi connectivity index (χ1) is 16.0. The Balaban J connectivity index is 1.40. The van der Waals surface area contributed by atoms with E-state index in [9.17, 15) is 9.59 Å². The Bertz CT molecular complexity index is 1150. The fraction of sp³-hybridized carbons (Fsp3) is 0.333. The number of nitrogens with zero attached hydrogens (tertiary/aromatic N) is 4. The average molecular weight is 466 g/mol. The Hall–Kier alpha value is -3.33.